The zero-order valence-corrected chi connectivity index (χ0v) is 19.6. The molecule has 0 fully saturated rings. The fourth-order valence-corrected chi connectivity index (χ4v) is 4.81. The fraction of sp³-hybridized carbons (Fsp3) is 0.375. The Labute approximate surface area is 189 Å². The Morgan fingerprint density at radius 1 is 1.16 bits per heavy atom. The van der Waals surface area contributed by atoms with Crippen LogP contribution < -0.4 is 4.74 Å². The number of aryl methyl sites for hydroxylation is 1. The largest absolute Gasteiger partial charge is 0.491 e. The van der Waals surface area contributed by atoms with Gasteiger partial charge in [-0.25, -0.2) is 13.1 Å². The first kappa shape index (κ1) is 22.5. The van der Waals surface area contributed by atoms with E-state index < -0.39 is 16.1 Å². The first-order valence-electron chi connectivity index (χ1n) is 10.8. The second kappa shape index (κ2) is 8.69. The molecule has 0 spiro atoms. The molecule has 1 aliphatic heterocycles. The van der Waals surface area contributed by atoms with Crippen molar-refractivity contribution < 1.29 is 18.3 Å². The van der Waals surface area contributed by atoms with Crippen LogP contribution in [0.15, 0.2) is 53.6 Å². The van der Waals surface area contributed by atoms with Crippen LogP contribution in [0.2, 0.25) is 0 Å². The topological polar surface area (TPSA) is 84.7 Å². The highest BCUT2D eigenvalue weighted by Crippen LogP contribution is 2.35. The zero-order chi connectivity index (χ0) is 23.0. The number of aliphatic hydroxyl groups excluding tert-OH is 1. The Balaban J connectivity index is 1.61. The van der Waals surface area contributed by atoms with Crippen LogP contribution in [-0.2, 0) is 22.9 Å². The molecule has 1 N–H and O–H groups in total. The molecule has 1 aromatic heterocycles. The molecule has 7 nitrogen and oxygen atoms in total. The van der Waals surface area contributed by atoms with Crippen molar-refractivity contribution in [3.8, 4) is 11.4 Å². The van der Waals surface area contributed by atoms with Gasteiger partial charge in [-0.05, 0) is 56.7 Å². The molecule has 3 aromatic rings. The molecule has 1 unspecified atom stereocenters. The predicted octanol–water partition coefficient (Wildman–Crippen LogP) is 3.77. The van der Waals surface area contributed by atoms with E-state index in [1.54, 1.807) is 13.0 Å². The van der Waals surface area contributed by atoms with E-state index >= 15 is 0 Å². The lowest BCUT2D eigenvalue weighted by atomic mass is 10.1. The van der Waals surface area contributed by atoms with Gasteiger partial charge in [0.25, 0.3) is 0 Å². The summed E-state index contributed by atoms with van der Waals surface area (Å²) in [7, 11) is -3.41. The highest BCUT2D eigenvalue weighted by atomic mass is 32.2. The minimum atomic E-state index is -3.41. The normalized spacial score (nSPS) is 15.2. The van der Waals surface area contributed by atoms with Crippen LogP contribution in [0.25, 0.3) is 5.69 Å². The minimum absolute atomic E-state index is 0.00484. The number of nitrogens with zero attached hydrogens (tertiary/aromatic N) is 3. The van der Waals surface area contributed by atoms with Gasteiger partial charge in [0.1, 0.15) is 12.0 Å². The van der Waals surface area contributed by atoms with E-state index in [4.69, 9.17) is 9.84 Å². The van der Waals surface area contributed by atoms with Crippen molar-refractivity contribution in [1.82, 2.24) is 14.7 Å². The molecule has 1 aliphatic rings. The van der Waals surface area contributed by atoms with E-state index in [1.165, 1.54) is 12.1 Å². The van der Waals surface area contributed by atoms with Gasteiger partial charge < -0.3 is 9.84 Å². The van der Waals surface area contributed by atoms with Crippen LogP contribution in [0.4, 0.5) is 0 Å². The number of ether oxygens (including phenoxy) is 1. The van der Waals surface area contributed by atoms with Crippen molar-refractivity contribution in [3.05, 3.63) is 71.0 Å². The monoisotopic (exact) mass is 455 g/mol. The third-order valence-electron chi connectivity index (χ3n) is 5.58. The predicted molar refractivity (Wildman–Crippen MR) is 122 cm³/mol. The van der Waals surface area contributed by atoms with Gasteiger partial charge in [-0.1, -0.05) is 19.1 Å². The lowest BCUT2D eigenvalue weighted by Gasteiger charge is -2.26. The molecule has 8 heteroatoms. The lowest BCUT2D eigenvalue weighted by molar-refractivity contribution is -0.00523. The fourth-order valence-electron chi connectivity index (χ4n) is 3.90. The maximum absolute atomic E-state index is 12.4. The van der Waals surface area contributed by atoms with E-state index in [9.17, 15) is 13.5 Å². The number of aliphatic hydroxyl groups is 1. The Bertz CT molecular complexity index is 1210. The molecule has 4 rings (SSSR count). The van der Waals surface area contributed by atoms with Gasteiger partial charge >= 0.3 is 0 Å². The molecule has 0 amide bonds. The first-order chi connectivity index (χ1) is 15.2. The second-order valence-electron chi connectivity index (χ2n) is 8.43. The van der Waals surface area contributed by atoms with E-state index in [0.29, 0.717) is 24.4 Å². The van der Waals surface area contributed by atoms with Crippen LogP contribution in [-0.4, -0.2) is 40.1 Å². The second-order valence-corrected chi connectivity index (χ2v) is 10.7. The number of hydrogen-bond donors (Lipinski definition) is 1. The number of rotatable bonds is 7. The van der Waals surface area contributed by atoms with Crippen LogP contribution in [0.1, 0.15) is 49.4 Å². The standard InChI is InChI=1S/C24H29N3O4S/c1-5-32(29,30)20-9-10-23(31-16(2)3)21(12-20)24(28)26-13-18-14-27(25-22(18)15-26)19-8-6-7-17(4)11-19/h6-12,14,16,24,28H,5,13,15H2,1-4H3. The summed E-state index contributed by atoms with van der Waals surface area (Å²) in [5.41, 5.74) is 4.54. The van der Waals surface area contributed by atoms with Crippen molar-refractivity contribution in [3.63, 3.8) is 0 Å². The van der Waals surface area contributed by atoms with Gasteiger partial charge in [0.15, 0.2) is 9.84 Å². The Morgan fingerprint density at radius 2 is 1.94 bits per heavy atom. The van der Waals surface area contributed by atoms with Crippen LogP contribution in [0.5, 0.6) is 5.75 Å². The van der Waals surface area contributed by atoms with Crippen LogP contribution >= 0.6 is 0 Å². The molecule has 32 heavy (non-hydrogen) atoms. The summed E-state index contributed by atoms with van der Waals surface area (Å²) in [6.07, 6.45) is 0.861. The summed E-state index contributed by atoms with van der Waals surface area (Å²) >= 11 is 0. The van der Waals surface area contributed by atoms with Crippen molar-refractivity contribution in [2.45, 2.75) is 58.0 Å². The average molecular weight is 456 g/mol. The quantitative estimate of drug-likeness (QED) is 0.584. The number of hydrogen-bond acceptors (Lipinski definition) is 6. The summed E-state index contributed by atoms with van der Waals surface area (Å²) in [6.45, 7) is 8.41. The van der Waals surface area contributed by atoms with E-state index in [1.807, 2.05) is 54.7 Å². The zero-order valence-electron chi connectivity index (χ0n) is 18.8. The summed E-state index contributed by atoms with van der Waals surface area (Å²) in [5.74, 6) is 0.478. The van der Waals surface area contributed by atoms with E-state index in [2.05, 4.69) is 6.07 Å². The molecule has 2 aromatic carbocycles. The molecule has 0 aliphatic carbocycles. The molecular weight excluding hydrogens is 426 g/mol. The summed E-state index contributed by atoms with van der Waals surface area (Å²) in [4.78, 5) is 2.05. The van der Waals surface area contributed by atoms with Gasteiger partial charge in [0, 0.05) is 30.4 Å². The maximum atomic E-state index is 12.4. The van der Waals surface area contributed by atoms with Crippen LogP contribution in [0.3, 0.4) is 0 Å². The number of benzene rings is 2. The molecule has 170 valence electrons. The third kappa shape index (κ3) is 4.44. The molecule has 0 radical (unpaired) electrons. The SMILES string of the molecule is CCS(=O)(=O)c1ccc(OC(C)C)c(C(O)N2Cc3cn(-c4cccc(C)c4)nc3C2)c1. The number of sulfone groups is 1. The van der Waals surface area contributed by atoms with Crippen molar-refractivity contribution >= 4 is 9.84 Å². The first-order valence-corrected chi connectivity index (χ1v) is 12.4. The third-order valence-corrected chi connectivity index (χ3v) is 7.31. The van der Waals surface area contributed by atoms with Crippen molar-refractivity contribution in [1.29, 1.82) is 0 Å². The molecule has 0 saturated heterocycles. The highest BCUT2D eigenvalue weighted by Gasteiger charge is 2.31. The van der Waals surface area contributed by atoms with Gasteiger partial charge in [-0.2, -0.15) is 5.10 Å². The van der Waals surface area contributed by atoms with Gasteiger partial charge in [0.05, 0.1) is 28.1 Å². The van der Waals surface area contributed by atoms with E-state index in [-0.39, 0.29) is 16.8 Å². The molecule has 0 bridgehead atoms. The van der Waals surface area contributed by atoms with Crippen LogP contribution in [0, 0.1) is 6.92 Å². The molecule has 1 atom stereocenters. The van der Waals surface area contributed by atoms with Crippen molar-refractivity contribution in [2.75, 3.05) is 5.75 Å². The molecule has 0 saturated carbocycles. The number of aromatic nitrogens is 2. The lowest BCUT2D eigenvalue weighted by Crippen LogP contribution is -2.25. The Kier molecular flexibility index (Phi) is 6.11. The van der Waals surface area contributed by atoms with Gasteiger partial charge in [-0.15, -0.1) is 0 Å². The maximum Gasteiger partial charge on any atom is 0.178 e. The smallest absolute Gasteiger partial charge is 0.178 e. The highest BCUT2D eigenvalue weighted by molar-refractivity contribution is 7.91. The van der Waals surface area contributed by atoms with E-state index in [0.717, 1.165) is 22.5 Å². The summed E-state index contributed by atoms with van der Waals surface area (Å²) in [5, 5.41) is 15.9. The molecular formula is C24H29N3O4S. The van der Waals surface area contributed by atoms with Crippen molar-refractivity contribution in [2.24, 2.45) is 0 Å². The van der Waals surface area contributed by atoms with Gasteiger partial charge in [0.2, 0.25) is 0 Å². The van der Waals surface area contributed by atoms with Gasteiger partial charge in [-0.3, -0.25) is 4.90 Å². The summed E-state index contributed by atoms with van der Waals surface area (Å²) in [6, 6.07) is 12.8. The minimum Gasteiger partial charge on any atom is -0.491 e. The Hall–Kier alpha value is -2.68. The summed E-state index contributed by atoms with van der Waals surface area (Å²) < 4.78 is 32.6. The molecule has 2 heterocycles. The Morgan fingerprint density at radius 3 is 2.59 bits per heavy atom. The average Bonchev–Trinajstić information content (AvgIpc) is 3.32. The number of fused-ring (bicyclic) bond motifs is 1.